The van der Waals surface area contributed by atoms with Crippen molar-refractivity contribution in [3.8, 4) is 6.07 Å². The standard InChI is InChI=1S/C14H18N2/c1-10-4-7-13(11(8-10)9-15)16-14(2,3)12-5-6-12/h4,7-8,12,16H,5-6H2,1-3H3. The van der Waals surface area contributed by atoms with Gasteiger partial charge in [0.15, 0.2) is 0 Å². The molecule has 0 heterocycles. The quantitative estimate of drug-likeness (QED) is 0.836. The number of rotatable bonds is 3. The van der Waals surface area contributed by atoms with E-state index in [1.807, 2.05) is 25.1 Å². The molecule has 0 radical (unpaired) electrons. The lowest BCUT2D eigenvalue weighted by Crippen LogP contribution is -2.33. The van der Waals surface area contributed by atoms with Crippen molar-refractivity contribution in [1.29, 1.82) is 5.26 Å². The highest BCUT2D eigenvalue weighted by Crippen LogP contribution is 2.41. The summed E-state index contributed by atoms with van der Waals surface area (Å²) in [6.07, 6.45) is 2.60. The first kappa shape index (κ1) is 11.0. The summed E-state index contributed by atoms with van der Waals surface area (Å²) in [7, 11) is 0. The molecule has 1 saturated carbocycles. The molecule has 2 rings (SSSR count). The fraction of sp³-hybridized carbons (Fsp3) is 0.500. The number of nitrogens with one attached hydrogen (secondary N) is 1. The average molecular weight is 214 g/mol. The Morgan fingerprint density at radius 1 is 1.38 bits per heavy atom. The van der Waals surface area contributed by atoms with Crippen LogP contribution in [0.2, 0.25) is 0 Å². The zero-order valence-corrected chi connectivity index (χ0v) is 10.2. The summed E-state index contributed by atoms with van der Waals surface area (Å²) in [5.74, 6) is 0.750. The summed E-state index contributed by atoms with van der Waals surface area (Å²) >= 11 is 0. The Balaban J connectivity index is 2.24. The minimum absolute atomic E-state index is 0.0981. The Hall–Kier alpha value is -1.49. The molecular formula is C14H18N2. The van der Waals surface area contributed by atoms with Crippen LogP contribution in [-0.4, -0.2) is 5.54 Å². The van der Waals surface area contributed by atoms with Crippen molar-refractivity contribution in [3.63, 3.8) is 0 Å². The van der Waals surface area contributed by atoms with Gasteiger partial charge in [-0.1, -0.05) is 6.07 Å². The van der Waals surface area contributed by atoms with Gasteiger partial charge in [-0.3, -0.25) is 0 Å². The summed E-state index contributed by atoms with van der Waals surface area (Å²) in [6.45, 7) is 6.44. The minimum Gasteiger partial charge on any atom is -0.379 e. The van der Waals surface area contributed by atoms with Gasteiger partial charge in [0.1, 0.15) is 6.07 Å². The normalized spacial score (nSPS) is 15.6. The Morgan fingerprint density at radius 3 is 2.62 bits per heavy atom. The van der Waals surface area contributed by atoms with Gasteiger partial charge in [0.05, 0.1) is 11.3 Å². The van der Waals surface area contributed by atoms with E-state index in [9.17, 15) is 0 Å². The SMILES string of the molecule is Cc1ccc(NC(C)(C)C2CC2)c(C#N)c1. The van der Waals surface area contributed by atoms with Crippen molar-refractivity contribution in [3.05, 3.63) is 29.3 Å². The molecule has 2 heteroatoms. The van der Waals surface area contributed by atoms with Crippen molar-refractivity contribution in [1.82, 2.24) is 0 Å². The summed E-state index contributed by atoms with van der Waals surface area (Å²) in [4.78, 5) is 0. The number of benzene rings is 1. The van der Waals surface area contributed by atoms with E-state index in [0.29, 0.717) is 0 Å². The first-order chi connectivity index (χ1) is 7.53. The number of nitriles is 1. The van der Waals surface area contributed by atoms with Gasteiger partial charge in [-0.15, -0.1) is 0 Å². The molecule has 1 aliphatic rings. The maximum atomic E-state index is 9.10. The van der Waals surface area contributed by atoms with E-state index in [2.05, 4.69) is 25.2 Å². The minimum atomic E-state index is 0.0981. The third-order valence-electron chi connectivity index (χ3n) is 3.35. The molecular weight excluding hydrogens is 196 g/mol. The van der Waals surface area contributed by atoms with E-state index < -0.39 is 0 Å². The molecule has 0 saturated heterocycles. The number of aryl methyl sites for hydroxylation is 1. The fourth-order valence-corrected chi connectivity index (χ4v) is 2.11. The number of hydrogen-bond acceptors (Lipinski definition) is 2. The molecule has 1 aromatic rings. The molecule has 0 bridgehead atoms. The Labute approximate surface area is 97.3 Å². The van der Waals surface area contributed by atoms with Crippen LogP contribution in [-0.2, 0) is 0 Å². The van der Waals surface area contributed by atoms with E-state index >= 15 is 0 Å². The lowest BCUT2D eigenvalue weighted by atomic mass is 9.97. The first-order valence-corrected chi connectivity index (χ1v) is 5.82. The second-order valence-electron chi connectivity index (χ2n) is 5.28. The van der Waals surface area contributed by atoms with Crippen molar-refractivity contribution in [2.45, 2.75) is 39.2 Å². The van der Waals surface area contributed by atoms with Gasteiger partial charge in [0, 0.05) is 5.54 Å². The van der Waals surface area contributed by atoms with Gasteiger partial charge in [0.25, 0.3) is 0 Å². The van der Waals surface area contributed by atoms with Crippen LogP contribution in [0.3, 0.4) is 0 Å². The molecule has 0 aromatic heterocycles. The highest BCUT2D eigenvalue weighted by Gasteiger charge is 2.37. The van der Waals surface area contributed by atoms with E-state index in [1.165, 1.54) is 12.8 Å². The molecule has 0 aliphatic heterocycles. The Morgan fingerprint density at radius 2 is 2.06 bits per heavy atom. The van der Waals surface area contributed by atoms with Crippen LogP contribution in [0.4, 0.5) is 5.69 Å². The zero-order valence-electron chi connectivity index (χ0n) is 10.2. The highest BCUT2D eigenvalue weighted by molar-refractivity contribution is 5.59. The van der Waals surface area contributed by atoms with Crippen LogP contribution in [0.5, 0.6) is 0 Å². The number of hydrogen-bond donors (Lipinski definition) is 1. The monoisotopic (exact) mass is 214 g/mol. The summed E-state index contributed by atoms with van der Waals surface area (Å²) in [5, 5.41) is 12.6. The molecule has 1 aromatic carbocycles. The maximum absolute atomic E-state index is 9.10. The number of anilines is 1. The van der Waals surface area contributed by atoms with Crippen molar-refractivity contribution >= 4 is 5.69 Å². The van der Waals surface area contributed by atoms with Crippen LogP contribution in [0.1, 0.15) is 37.8 Å². The third-order valence-corrected chi connectivity index (χ3v) is 3.35. The molecule has 1 fully saturated rings. The highest BCUT2D eigenvalue weighted by atomic mass is 15.0. The summed E-state index contributed by atoms with van der Waals surface area (Å²) < 4.78 is 0. The van der Waals surface area contributed by atoms with Crippen LogP contribution in [0, 0.1) is 24.2 Å². The van der Waals surface area contributed by atoms with Crippen molar-refractivity contribution in [2.24, 2.45) is 5.92 Å². The van der Waals surface area contributed by atoms with E-state index in [1.54, 1.807) is 0 Å². The van der Waals surface area contributed by atoms with E-state index in [4.69, 9.17) is 5.26 Å². The topological polar surface area (TPSA) is 35.8 Å². The molecule has 2 nitrogen and oxygen atoms in total. The largest absolute Gasteiger partial charge is 0.379 e. The lowest BCUT2D eigenvalue weighted by molar-refractivity contribution is 0.494. The second kappa shape index (κ2) is 3.83. The summed E-state index contributed by atoms with van der Waals surface area (Å²) in [5.41, 5.74) is 2.94. The Bertz CT molecular complexity index is 437. The van der Waals surface area contributed by atoms with E-state index in [-0.39, 0.29) is 5.54 Å². The lowest BCUT2D eigenvalue weighted by Gasteiger charge is -2.28. The smallest absolute Gasteiger partial charge is 0.101 e. The molecule has 84 valence electrons. The van der Waals surface area contributed by atoms with Crippen LogP contribution >= 0.6 is 0 Å². The Kier molecular flexibility index (Phi) is 2.63. The second-order valence-corrected chi connectivity index (χ2v) is 5.28. The molecule has 16 heavy (non-hydrogen) atoms. The third kappa shape index (κ3) is 2.19. The predicted molar refractivity (Wildman–Crippen MR) is 66.3 cm³/mol. The van der Waals surface area contributed by atoms with Crippen molar-refractivity contribution < 1.29 is 0 Å². The van der Waals surface area contributed by atoms with Crippen LogP contribution in [0.25, 0.3) is 0 Å². The predicted octanol–water partition coefficient (Wildman–Crippen LogP) is 3.47. The number of nitrogens with zero attached hydrogens (tertiary/aromatic N) is 1. The molecule has 0 atom stereocenters. The van der Waals surface area contributed by atoms with E-state index in [0.717, 1.165) is 22.7 Å². The fourth-order valence-electron chi connectivity index (χ4n) is 2.11. The molecule has 1 N–H and O–H groups in total. The zero-order chi connectivity index (χ0) is 11.8. The van der Waals surface area contributed by atoms with Gasteiger partial charge in [-0.25, -0.2) is 0 Å². The van der Waals surface area contributed by atoms with Gasteiger partial charge in [-0.2, -0.15) is 5.26 Å². The van der Waals surface area contributed by atoms with Gasteiger partial charge >= 0.3 is 0 Å². The first-order valence-electron chi connectivity index (χ1n) is 5.82. The molecule has 0 amide bonds. The molecule has 0 unspecified atom stereocenters. The van der Waals surface area contributed by atoms with Gasteiger partial charge < -0.3 is 5.32 Å². The van der Waals surface area contributed by atoms with Crippen LogP contribution < -0.4 is 5.32 Å². The van der Waals surface area contributed by atoms with Gasteiger partial charge in [-0.05, 0) is 57.2 Å². The maximum Gasteiger partial charge on any atom is 0.101 e. The summed E-state index contributed by atoms with van der Waals surface area (Å²) in [6, 6.07) is 8.25. The van der Waals surface area contributed by atoms with Crippen molar-refractivity contribution in [2.75, 3.05) is 5.32 Å². The molecule has 1 aliphatic carbocycles. The average Bonchev–Trinajstić information content (AvgIpc) is 3.04. The van der Waals surface area contributed by atoms with Gasteiger partial charge in [0.2, 0.25) is 0 Å². The van der Waals surface area contributed by atoms with Crippen LogP contribution in [0.15, 0.2) is 18.2 Å². The molecule has 0 spiro atoms.